The lowest BCUT2D eigenvalue weighted by Gasteiger charge is -2.70. The summed E-state index contributed by atoms with van der Waals surface area (Å²) < 4.78 is 0. The SMILES string of the molecule is CC1(C)CC[C@@]2(CO)C(=C3C=C[C@@H]4[C@@]5(C)CC[C@H](O)[C@@](C)(CO)[C@@H]5CC[C@@]4(C)[C@]3(C)C[C@H]2O)C1. The van der Waals surface area contributed by atoms with E-state index in [4.69, 9.17) is 0 Å². The van der Waals surface area contributed by atoms with E-state index < -0.39 is 23.0 Å². The molecule has 0 amide bonds. The minimum atomic E-state index is -0.525. The van der Waals surface area contributed by atoms with Gasteiger partial charge >= 0.3 is 0 Å². The van der Waals surface area contributed by atoms with E-state index in [1.54, 1.807) is 0 Å². The molecular weight excluding hydrogens is 424 g/mol. The van der Waals surface area contributed by atoms with E-state index in [-0.39, 0.29) is 40.8 Å². The van der Waals surface area contributed by atoms with Gasteiger partial charge in [0, 0.05) is 16.2 Å². The maximum Gasteiger partial charge on any atom is 0.0664 e. The van der Waals surface area contributed by atoms with Crippen molar-refractivity contribution in [2.75, 3.05) is 13.2 Å². The molecule has 3 saturated carbocycles. The van der Waals surface area contributed by atoms with Crippen LogP contribution in [0.3, 0.4) is 0 Å². The van der Waals surface area contributed by atoms with Crippen LogP contribution in [-0.2, 0) is 0 Å². The molecular formula is C30H48O4. The molecule has 0 aliphatic heterocycles. The highest BCUT2D eigenvalue weighted by Crippen LogP contribution is 2.74. The van der Waals surface area contributed by atoms with Gasteiger partial charge in [-0.15, -0.1) is 0 Å². The van der Waals surface area contributed by atoms with Crippen molar-refractivity contribution in [1.82, 2.24) is 0 Å². The monoisotopic (exact) mass is 472 g/mol. The standard InChI is InChI=1S/C30H48O4/c1-25(2)13-14-30(18-32)20(15-25)19-7-8-22-26(3)11-10-23(33)27(4,17-31)21(26)9-12-28(22,5)29(19,6)16-24(30)34/h7-8,21-24,31-34H,9-18H2,1-6H3/t21-,22-,23+,24-,26+,27+,28-,29-,30-/m1/s1. The van der Waals surface area contributed by atoms with Crippen molar-refractivity contribution < 1.29 is 20.4 Å². The molecule has 4 N–H and O–H groups in total. The second-order valence-corrected chi connectivity index (χ2v) is 14.7. The van der Waals surface area contributed by atoms with Gasteiger partial charge in [0.25, 0.3) is 0 Å². The van der Waals surface area contributed by atoms with Gasteiger partial charge in [-0.3, -0.25) is 0 Å². The van der Waals surface area contributed by atoms with Gasteiger partial charge in [-0.25, -0.2) is 0 Å². The molecule has 0 radical (unpaired) electrons. The van der Waals surface area contributed by atoms with Gasteiger partial charge in [-0.2, -0.15) is 0 Å². The molecule has 0 bridgehead atoms. The van der Waals surface area contributed by atoms with Crippen LogP contribution in [0.4, 0.5) is 0 Å². The van der Waals surface area contributed by atoms with Crippen LogP contribution in [0.1, 0.15) is 92.9 Å². The quantitative estimate of drug-likeness (QED) is 0.456. The number of aliphatic hydroxyl groups excluding tert-OH is 4. The zero-order chi connectivity index (χ0) is 24.9. The highest BCUT2D eigenvalue weighted by Gasteiger charge is 2.68. The topological polar surface area (TPSA) is 80.9 Å². The van der Waals surface area contributed by atoms with E-state index in [2.05, 4.69) is 53.7 Å². The smallest absolute Gasteiger partial charge is 0.0664 e. The normalized spacial score (nSPS) is 54.1. The van der Waals surface area contributed by atoms with Gasteiger partial charge in [0.2, 0.25) is 0 Å². The molecule has 0 spiro atoms. The number of rotatable bonds is 2. The molecule has 34 heavy (non-hydrogen) atoms. The van der Waals surface area contributed by atoms with Crippen LogP contribution in [0, 0.1) is 44.3 Å². The molecule has 4 heteroatoms. The van der Waals surface area contributed by atoms with Gasteiger partial charge in [0.1, 0.15) is 0 Å². The number of allylic oxidation sites excluding steroid dienone is 3. The van der Waals surface area contributed by atoms with Crippen molar-refractivity contribution in [3.63, 3.8) is 0 Å². The summed E-state index contributed by atoms with van der Waals surface area (Å²) in [6.07, 6.45) is 11.1. The first kappa shape index (κ1) is 25.0. The molecule has 9 atom stereocenters. The van der Waals surface area contributed by atoms with Crippen molar-refractivity contribution in [1.29, 1.82) is 0 Å². The minimum absolute atomic E-state index is 0.00171. The molecule has 5 rings (SSSR count). The largest absolute Gasteiger partial charge is 0.396 e. The predicted molar refractivity (Wildman–Crippen MR) is 135 cm³/mol. The van der Waals surface area contributed by atoms with Crippen molar-refractivity contribution in [3.8, 4) is 0 Å². The van der Waals surface area contributed by atoms with E-state index in [9.17, 15) is 20.4 Å². The van der Waals surface area contributed by atoms with E-state index >= 15 is 0 Å². The Hall–Kier alpha value is -0.680. The zero-order valence-corrected chi connectivity index (χ0v) is 22.3. The summed E-state index contributed by atoms with van der Waals surface area (Å²) in [6.45, 7) is 14.1. The van der Waals surface area contributed by atoms with E-state index in [1.807, 2.05) is 0 Å². The Morgan fingerprint density at radius 1 is 0.853 bits per heavy atom. The molecule has 0 aromatic carbocycles. The van der Waals surface area contributed by atoms with E-state index in [1.165, 1.54) is 11.1 Å². The second kappa shape index (κ2) is 7.43. The van der Waals surface area contributed by atoms with Crippen molar-refractivity contribution >= 4 is 0 Å². The fourth-order valence-electron chi connectivity index (χ4n) is 10.1. The van der Waals surface area contributed by atoms with E-state index in [0.29, 0.717) is 12.3 Å². The number of fused-ring (bicyclic) bond motifs is 6. The first-order chi connectivity index (χ1) is 15.7. The Kier molecular flexibility index (Phi) is 5.46. The van der Waals surface area contributed by atoms with Crippen LogP contribution in [0.25, 0.3) is 0 Å². The fourth-order valence-corrected chi connectivity index (χ4v) is 10.1. The van der Waals surface area contributed by atoms with Crippen molar-refractivity contribution in [2.45, 2.75) is 105 Å². The first-order valence-electron chi connectivity index (χ1n) is 13.7. The number of hydrogen-bond donors (Lipinski definition) is 4. The van der Waals surface area contributed by atoms with Crippen LogP contribution >= 0.6 is 0 Å². The molecule has 3 fully saturated rings. The van der Waals surface area contributed by atoms with Crippen LogP contribution in [0.2, 0.25) is 0 Å². The number of aliphatic hydroxyl groups is 4. The highest BCUT2D eigenvalue weighted by atomic mass is 16.3. The predicted octanol–water partition coefficient (Wildman–Crippen LogP) is 5.00. The zero-order valence-electron chi connectivity index (χ0n) is 22.3. The average Bonchev–Trinajstić information content (AvgIpc) is 2.77. The molecule has 0 aromatic rings. The Morgan fingerprint density at radius 3 is 2.21 bits per heavy atom. The number of hydrogen-bond acceptors (Lipinski definition) is 4. The third kappa shape index (κ3) is 2.86. The Balaban J connectivity index is 1.68. The van der Waals surface area contributed by atoms with Crippen LogP contribution in [0.15, 0.2) is 23.3 Å². The third-order valence-corrected chi connectivity index (χ3v) is 12.7. The summed E-state index contributed by atoms with van der Waals surface area (Å²) in [5.41, 5.74) is 1.75. The molecule has 5 aliphatic carbocycles. The Bertz CT molecular complexity index is 921. The summed E-state index contributed by atoms with van der Waals surface area (Å²) in [6, 6.07) is 0. The molecule has 5 aliphatic rings. The summed E-state index contributed by atoms with van der Waals surface area (Å²) >= 11 is 0. The van der Waals surface area contributed by atoms with Gasteiger partial charge in [0.05, 0.1) is 25.4 Å². The van der Waals surface area contributed by atoms with Gasteiger partial charge in [-0.05, 0) is 85.0 Å². The van der Waals surface area contributed by atoms with Gasteiger partial charge in [0.15, 0.2) is 0 Å². The second-order valence-electron chi connectivity index (χ2n) is 14.7. The lowest BCUT2D eigenvalue weighted by atomic mass is 9.35. The van der Waals surface area contributed by atoms with Crippen LogP contribution < -0.4 is 0 Å². The lowest BCUT2D eigenvalue weighted by Crippen LogP contribution is -2.65. The molecule has 0 heterocycles. The van der Waals surface area contributed by atoms with Crippen LogP contribution in [0.5, 0.6) is 0 Å². The van der Waals surface area contributed by atoms with E-state index in [0.717, 1.165) is 44.9 Å². The Labute approximate surface area is 206 Å². The molecule has 0 saturated heterocycles. The molecule has 0 aromatic heterocycles. The third-order valence-electron chi connectivity index (χ3n) is 12.7. The minimum Gasteiger partial charge on any atom is -0.396 e. The Morgan fingerprint density at radius 2 is 1.56 bits per heavy atom. The van der Waals surface area contributed by atoms with Gasteiger partial charge in [-0.1, -0.05) is 59.3 Å². The average molecular weight is 473 g/mol. The molecule has 4 nitrogen and oxygen atoms in total. The van der Waals surface area contributed by atoms with Crippen molar-refractivity contribution in [3.05, 3.63) is 23.3 Å². The van der Waals surface area contributed by atoms with Gasteiger partial charge < -0.3 is 20.4 Å². The molecule has 192 valence electrons. The first-order valence-corrected chi connectivity index (χ1v) is 13.7. The summed E-state index contributed by atoms with van der Waals surface area (Å²) in [5, 5.41) is 43.6. The maximum absolute atomic E-state index is 11.7. The fraction of sp³-hybridized carbons (Fsp3) is 0.867. The summed E-state index contributed by atoms with van der Waals surface area (Å²) in [7, 11) is 0. The molecule has 0 unspecified atom stereocenters. The summed E-state index contributed by atoms with van der Waals surface area (Å²) in [5.74, 6) is 0.602. The highest BCUT2D eigenvalue weighted by molar-refractivity contribution is 5.47. The lowest BCUT2D eigenvalue weighted by molar-refractivity contribution is -0.203. The maximum atomic E-state index is 11.7. The van der Waals surface area contributed by atoms with Crippen molar-refractivity contribution in [2.24, 2.45) is 44.3 Å². The van der Waals surface area contributed by atoms with Crippen LogP contribution in [-0.4, -0.2) is 45.8 Å². The summed E-state index contributed by atoms with van der Waals surface area (Å²) in [4.78, 5) is 0.